The van der Waals surface area contributed by atoms with Crippen molar-refractivity contribution in [3.63, 3.8) is 0 Å². The molecule has 0 saturated heterocycles. The van der Waals surface area contributed by atoms with Gasteiger partial charge in [-0.3, -0.25) is 0 Å². The van der Waals surface area contributed by atoms with E-state index in [1.54, 1.807) is 25.3 Å². The number of methoxy groups -OCH3 is 1. The van der Waals surface area contributed by atoms with Crippen LogP contribution in [0, 0.1) is 0 Å². The minimum Gasteiger partial charge on any atom is -0.493 e. The monoisotopic (exact) mass is 411 g/mol. The maximum absolute atomic E-state index is 11.1. The van der Waals surface area contributed by atoms with E-state index in [0.29, 0.717) is 35.3 Å². The molecule has 1 aromatic heterocycles. The Hall–Kier alpha value is -2.28. The Bertz CT molecular complexity index is 839. The predicted octanol–water partition coefficient (Wildman–Crippen LogP) is 5.08. The number of hydrogen-bond acceptors (Lipinski definition) is 5. The summed E-state index contributed by atoms with van der Waals surface area (Å²) in [6.07, 6.45) is 3.64. The second-order valence-corrected chi connectivity index (χ2v) is 6.41. The molecule has 1 N–H and O–H groups in total. The van der Waals surface area contributed by atoms with Gasteiger partial charge in [0.1, 0.15) is 16.5 Å². The van der Waals surface area contributed by atoms with E-state index >= 15 is 0 Å². The third-order valence-electron chi connectivity index (χ3n) is 3.44. The second kappa shape index (κ2) is 10.2. The predicted molar refractivity (Wildman–Crippen MR) is 104 cm³/mol. The van der Waals surface area contributed by atoms with E-state index < -0.39 is 5.97 Å². The molecule has 27 heavy (non-hydrogen) atoms. The highest BCUT2D eigenvalue weighted by atomic mass is 35.5. The van der Waals surface area contributed by atoms with E-state index in [1.807, 2.05) is 0 Å². The first-order valence-electron chi connectivity index (χ1n) is 8.07. The molecule has 0 fully saturated rings. The Kier molecular flexibility index (Phi) is 7.91. The molecular weight excluding hydrogens is 393 g/mol. The van der Waals surface area contributed by atoms with Gasteiger partial charge in [-0.05, 0) is 31.2 Å². The Balaban J connectivity index is 2.33. The molecule has 1 heterocycles. The lowest BCUT2D eigenvalue weighted by molar-refractivity contribution is -0.132. The number of aromatic nitrogens is 1. The Morgan fingerprint density at radius 1 is 1.26 bits per heavy atom. The molecule has 0 aliphatic heterocycles. The van der Waals surface area contributed by atoms with Crippen LogP contribution in [0.5, 0.6) is 17.4 Å². The number of carbonyl (C=O) groups is 1. The van der Waals surface area contributed by atoms with Gasteiger partial charge in [0.2, 0.25) is 5.88 Å². The minimum absolute atomic E-state index is 0.153. The number of nitrogens with zero attached hydrogens (tertiary/aromatic N) is 1. The van der Waals surface area contributed by atoms with Crippen LogP contribution >= 0.6 is 23.2 Å². The lowest BCUT2D eigenvalue weighted by atomic mass is 10.1. The van der Waals surface area contributed by atoms with Gasteiger partial charge in [-0.25, -0.2) is 9.78 Å². The molecule has 6 nitrogen and oxygen atoms in total. The minimum atomic E-state index is -1.02. The van der Waals surface area contributed by atoms with Crippen molar-refractivity contribution in [3.8, 4) is 17.4 Å². The van der Waals surface area contributed by atoms with Crippen molar-refractivity contribution in [2.45, 2.75) is 13.3 Å². The topological polar surface area (TPSA) is 77.9 Å². The molecule has 144 valence electrons. The van der Waals surface area contributed by atoms with E-state index in [0.717, 1.165) is 6.42 Å². The average molecular weight is 412 g/mol. The zero-order valence-corrected chi connectivity index (χ0v) is 16.4. The van der Waals surface area contributed by atoms with Gasteiger partial charge >= 0.3 is 5.97 Å². The summed E-state index contributed by atoms with van der Waals surface area (Å²) >= 11 is 12.0. The molecule has 0 saturated carbocycles. The summed E-state index contributed by atoms with van der Waals surface area (Å²) in [5.74, 6) is 0.0524. The Morgan fingerprint density at radius 3 is 2.70 bits per heavy atom. The van der Waals surface area contributed by atoms with Crippen LogP contribution < -0.4 is 9.47 Å². The molecule has 8 heteroatoms. The molecule has 0 unspecified atom stereocenters. The van der Waals surface area contributed by atoms with Crippen LogP contribution in [-0.4, -0.2) is 36.4 Å². The number of ether oxygens (including phenoxy) is 3. The molecule has 0 bridgehead atoms. The molecule has 0 aliphatic rings. The fourth-order valence-electron chi connectivity index (χ4n) is 2.08. The van der Waals surface area contributed by atoms with Crippen molar-refractivity contribution < 1.29 is 24.1 Å². The van der Waals surface area contributed by atoms with E-state index in [2.05, 4.69) is 4.98 Å². The molecule has 0 radical (unpaired) electrons. The first-order chi connectivity index (χ1) is 12.9. The fraction of sp³-hybridized carbons (Fsp3) is 0.263. The molecule has 0 amide bonds. The Morgan fingerprint density at radius 2 is 2.04 bits per heavy atom. The van der Waals surface area contributed by atoms with Crippen LogP contribution in [0.2, 0.25) is 10.0 Å². The normalized spacial score (nSPS) is 11.3. The quantitative estimate of drug-likeness (QED) is 0.457. The second-order valence-electron chi connectivity index (χ2n) is 5.57. The van der Waals surface area contributed by atoms with Crippen molar-refractivity contribution in [2.24, 2.45) is 0 Å². The standard InChI is InChI=1S/C19H19Cl2NO5/c1-12(19(23)24)8-13-4-5-15(26-7-3-6-25-2)10-17(13)27-18-16(21)9-14(20)11-22-18/h4-5,8-11H,3,6-7H2,1-2H3,(H,23,24)/b12-8+. The molecule has 0 aliphatic carbocycles. The summed E-state index contributed by atoms with van der Waals surface area (Å²) < 4.78 is 16.5. The van der Waals surface area contributed by atoms with Crippen LogP contribution in [-0.2, 0) is 9.53 Å². The van der Waals surface area contributed by atoms with Gasteiger partial charge < -0.3 is 19.3 Å². The fourth-order valence-corrected chi connectivity index (χ4v) is 2.50. The molecule has 2 rings (SSSR count). The zero-order valence-electron chi connectivity index (χ0n) is 14.9. The van der Waals surface area contributed by atoms with Crippen molar-refractivity contribution in [3.05, 3.63) is 51.6 Å². The number of pyridine rings is 1. The third-order valence-corrected chi connectivity index (χ3v) is 3.91. The van der Waals surface area contributed by atoms with Gasteiger partial charge in [-0.1, -0.05) is 23.2 Å². The first kappa shape index (κ1) is 21.0. The SMILES string of the molecule is COCCCOc1ccc(/C=C(\C)C(=O)O)c(Oc2ncc(Cl)cc2Cl)c1. The lowest BCUT2D eigenvalue weighted by Gasteiger charge is -2.13. The van der Waals surface area contributed by atoms with Crippen LogP contribution in [0.25, 0.3) is 6.08 Å². The van der Waals surface area contributed by atoms with Gasteiger partial charge in [0.05, 0.1) is 11.6 Å². The molecule has 0 spiro atoms. The summed E-state index contributed by atoms with van der Waals surface area (Å²) in [6, 6.07) is 6.60. The summed E-state index contributed by atoms with van der Waals surface area (Å²) in [6.45, 7) is 2.55. The van der Waals surface area contributed by atoms with Crippen molar-refractivity contribution in [1.82, 2.24) is 4.98 Å². The van der Waals surface area contributed by atoms with E-state index in [4.69, 9.17) is 42.5 Å². The summed E-state index contributed by atoms with van der Waals surface area (Å²) in [5, 5.41) is 9.74. The number of carboxylic acid groups (broad SMARTS) is 1. The maximum Gasteiger partial charge on any atom is 0.331 e. The number of aliphatic carboxylic acids is 1. The zero-order chi connectivity index (χ0) is 19.8. The van der Waals surface area contributed by atoms with Crippen molar-refractivity contribution >= 4 is 35.2 Å². The molecule has 0 atom stereocenters. The number of rotatable bonds is 9. The van der Waals surface area contributed by atoms with Crippen LogP contribution in [0.4, 0.5) is 0 Å². The van der Waals surface area contributed by atoms with Crippen LogP contribution in [0.1, 0.15) is 18.9 Å². The van der Waals surface area contributed by atoms with Gasteiger partial charge in [0, 0.05) is 43.5 Å². The highest BCUT2D eigenvalue weighted by Gasteiger charge is 2.12. The summed E-state index contributed by atoms with van der Waals surface area (Å²) in [4.78, 5) is 15.2. The number of carboxylic acids is 1. The average Bonchev–Trinajstić information content (AvgIpc) is 2.62. The van der Waals surface area contributed by atoms with Crippen molar-refractivity contribution in [1.29, 1.82) is 0 Å². The van der Waals surface area contributed by atoms with E-state index in [1.165, 1.54) is 25.3 Å². The van der Waals surface area contributed by atoms with Gasteiger partial charge in [-0.2, -0.15) is 0 Å². The number of hydrogen-bond donors (Lipinski definition) is 1. The smallest absolute Gasteiger partial charge is 0.331 e. The van der Waals surface area contributed by atoms with Gasteiger partial charge in [0.25, 0.3) is 0 Å². The highest BCUT2D eigenvalue weighted by Crippen LogP contribution is 2.34. The third kappa shape index (κ3) is 6.43. The maximum atomic E-state index is 11.1. The largest absolute Gasteiger partial charge is 0.493 e. The van der Waals surface area contributed by atoms with Gasteiger partial charge in [0.15, 0.2) is 0 Å². The van der Waals surface area contributed by atoms with Crippen molar-refractivity contribution in [2.75, 3.05) is 20.3 Å². The number of benzene rings is 1. The Labute approximate surface area is 167 Å². The van der Waals surface area contributed by atoms with Crippen LogP contribution in [0.3, 0.4) is 0 Å². The summed E-state index contributed by atoms with van der Waals surface area (Å²) in [7, 11) is 1.63. The number of halogens is 2. The van der Waals surface area contributed by atoms with Crippen LogP contribution in [0.15, 0.2) is 36.0 Å². The van der Waals surface area contributed by atoms with E-state index in [9.17, 15) is 4.79 Å². The molecule has 2 aromatic rings. The highest BCUT2D eigenvalue weighted by molar-refractivity contribution is 6.35. The molecule has 1 aromatic carbocycles. The molecular formula is C19H19Cl2NO5. The first-order valence-corrected chi connectivity index (χ1v) is 8.82. The van der Waals surface area contributed by atoms with E-state index in [-0.39, 0.29) is 16.5 Å². The lowest BCUT2D eigenvalue weighted by Crippen LogP contribution is -2.02. The summed E-state index contributed by atoms with van der Waals surface area (Å²) in [5.41, 5.74) is 0.704. The van der Waals surface area contributed by atoms with Gasteiger partial charge in [-0.15, -0.1) is 0 Å².